The number of hydrogen-bond donors (Lipinski definition) is 2. The quantitative estimate of drug-likeness (QED) is 0.587. The zero-order chi connectivity index (χ0) is 11.6. The Morgan fingerprint density at radius 1 is 1.21 bits per heavy atom. The Morgan fingerprint density at radius 3 is 1.64 bits per heavy atom. The van der Waals surface area contributed by atoms with Gasteiger partial charge in [-0.2, -0.15) is 5.06 Å². The number of hydroxylamine groups is 2. The third kappa shape index (κ3) is 2.56. The molecule has 1 rings (SSSR count). The average Bonchev–Trinajstić information content (AvgIpc) is 2.14. The molecule has 2 N–H and O–H groups in total. The van der Waals surface area contributed by atoms with Crippen LogP contribution in [0.25, 0.3) is 0 Å². The maximum Gasteiger partial charge on any atom is 0.0620 e. The molecule has 84 valence electrons. The minimum atomic E-state index is -0.215. The maximum absolute atomic E-state index is 9.74. The summed E-state index contributed by atoms with van der Waals surface area (Å²) in [6, 6.07) is 0. The predicted molar refractivity (Wildman–Crippen MR) is 60.5 cm³/mol. The molecule has 1 aliphatic rings. The van der Waals surface area contributed by atoms with E-state index in [1.165, 1.54) is 10.6 Å². The van der Waals surface area contributed by atoms with E-state index in [9.17, 15) is 5.21 Å². The van der Waals surface area contributed by atoms with Crippen molar-refractivity contribution in [3.63, 3.8) is 0 Å². The SMILES string of the molecule is CC1=CC(C)(C)N(O)C1(C)C.CNC. The lowest BCUT2D eigenvalue weighted by atomic mass is 9.99. The molecule has 3 heteroatoms. The number of rotatable bonds is 0. The fraction of sp³-hybridized carbons (Fsp3) is 0.818. The first-order valence-corrected chi connectivity index (χ1v) is 4.97. The van der Waals surface area contributed by atoms with Crippen LogP contribution >= 0.6 is 0 Å². The Morgan fingerprint density at radius 2 is 1.57 bits per heavy atom. The molecule has 0 aromatic rings. The molecule has 0 fully saturated rings. The van der Waals surface area contributed by atoms with Crippen molar-refractivity contribution in [3.05, 3.63) is 11.6 Å². The molecule has 0 aliphatic carbocycles. The Kier molecular flexibility index (Phi) is 4.31. The van der Waals surface area contributed by atoms with Gasteiger partial charge >= 0.3 is 0 Å². The summed E-state index contributed by atoms with van der Waals surface area (Å²) in [6.45, 7) is 10.1. The van der Waals surface area contributed by atoms with E-state index in [1.54, 1.807) is 0 Å². The van der Waals surface area contributed by atoms with E-state index in [1.807, 2.05) is 41.8 Å². The maximum atomic E-state index is 9.74. The lowest BCUT2D eigenvalue weighted by molar-refractivity contribution is -0.185. The van der Waals surface area contributed by atoms with Gasteiger partial charge < -0.3 is 10.5 Å². The van der Waals surface area contributed by atoms with Gasteiger partial charge in [0.15, 0.2) is 0 Å². The molecule has 0 aromatic heterocycles. The van der Waals surface area contributed by atoms with Crippen LogP contribution in [0.2, 0.25) is 0 Å². The molecule has 14 heavy (non-hydrogen) atoms. The molecule has 0 saturated carbocycles. The minimum Gasteiger partial charge on any atom is -0.323 e. The minimum absolute atomic E-state index is 0.205. The molecule has 0 bridgehead atoms. The van der Waals surface area contributed by atoms with Crippen LogP contribution in [0.3, 0.4) is 0 Å². The molecular formula is C11H24N2O. The van der Waals surface area contributed by atoms with Crippen molar-refractivity contribution in [1.29, 1.82) is 0 Å². The number of hydrogen-bond acceptors (Lipinski definition) is 3. The topological polar surface area (TPSA) is 35.5 Å². The molecule has 0 unspecified atom stereocenters. The summed E-state index contributed by atoms with van der Waals surface area (Å²) in [7, 11) is 3.75. The first kappa shape index (κ1) is 13.6. The molecule has 0 atom stereocenters. The lowest BCUT2D eigenvalue weighted by Gasteiger charge is -2.35. The van der Waals surface area contributed by atoms with Gasteiger partial charge in [-0.1, -0.05) is 11.6 Å². The van der Waals surface area contributed by atoms with Crippen LogP contribution < -0.4 is 5.32 Å². The summed E-state index contributed by atoms with van der Waals surface area (Å²) in [5.74, 6) is 0. The largest absolute Gasteiger partial charge is 0.323 e. The van der Waals surface area contributed by atoms with Gasteiger partial charge in [0.2, 0.25) is 0 Å². The summed E-state index contributed by atoms with van der Waals surface area (Å²) >= 11 is 0. The van der Waals surface area contributed by atoms with Crippen molar-refractivity contribution < 1.29 is 5.21 Å². The fourth-order valence-corrected chi connectivity index (χ4v) is 1.66. The van der Waals surface area contributed by atoms with Gasteiger partial charge in [-0.05, 0) is 48.7 Å². The van der Waals surface area contributed by atoms with E-state index in [0.29, 0.717) is 0 Å². The van der Waals surface area contributed by atoms with E-state index in [-0.39, 0.29) is 11.1 Å². The highest BCUT2D eigenvalue weighted by Crippen LogP contribution is 2.37. The molecule has 0 saturated heterocycles. The number of nitrogens with zero attached hydrogens (tertiary/aromatic N) is 1. The van der Waals surface area contributed by atoms with E-state index >= 15 is 0 Å². The monoisotopic (exact) mass is 200 g/mol. The standard InChI is InChI=1S/C9H17NO.C2H7N/c1-7-6-8(2,3)10(11)9(7,4)5;1-3-2/h6,11H,1-5H3;3H,1-2H3. The molecule has 0 radical (unpaired) electrons. The summed E-state index contributed by atoms with van der Waals surface area (Å²) < 4.78 is 0. The van der Waals surface area contributed by atoms with Gasteiger partial charge in [0.25, 0.3) is 0 Å². The van der Waals surface area contributed by atoms with Crippen LogP contribution in [-0.4, -0.2) is 35.4 Å². The van der Waals surface area contributed by atoms with Crippen LogP contribution in [0, 0.1) is 0 Å². The highest BCUT2D eigenvalue weighted by atomic mass is 16.5. The number of nitrogens with one attached hydrogen (secondary N) is 1. The van der Waals surface area contributed by atoms with Crippen LogP contribution in [0.15, 0.2) is 11.6 Å². The van der Waals surface area contributed by atoms with E-state index < -0.39 is 0 Å². The molecular weight excluding hydrogens is 176 g/mol. The van der Waals surface area contributed by atoms with Crippen molar-refractivity contribution in [2.24, 2.45) is 0 Å². The van der Waals surface area contributed by atoms with Gasteiger partial charge in [0, 0.05) is 0 Å². The van der Waals surface area contributed by atoms with Gasteiger partial charge in [-0.15, -0.1) is 0 Å². The molecule has 0 spiro atoms. The van der Waals surface area contributed by atoms with Crippen LogP contribution in [0.4, 0.5) is 0 Å². The van der Waals surface area contributed by atoms with E-state index in [0.717, 1.165) is 0 Å². The van der Waals surface area contributed by atoms with Crippen LogP contribution in [0.1, 0.15) is 34.6 Å². The molecule has 1 heterocycles. The second-order valence-electron chi connectivity index (χ2n) is 4.85. The second-order valence-corrected chi connectivity index (χ2v) is 4.85. The van der Waals surface area contributed by atoms with Crippen molar-refractivity contribution >= 4 is 0 Å². The highest BCUT2D eigenvalue weighted by Gasteiger charge is 2.42. The fourth-order valence-electron chi connectivity index (χ4n) is 1.66. The third-order valence-corrected chi connectivity index (χ3v) is 2.61. The Labute approximate surface area is 87.8 Å². The molecule has 3 nitrogen and oxygen atoms in total. The van der Waals surface area contributed by atoms with Gasteiger partial charge in [0.1, 0.15) is 0 Å². The summed E-state index contributed by atoms with van der Waals surface area (Å²) in [6.07, 6.45) is 2.10. The Bertz CT molecular complexity index is 219. The van der Waals surface area contributed by atoms with Gasteiger partial charge in [0.05, 0.1) is 11.1 Å². The Hall–Kier alpha value is -0.380. The average molecular weight is 200 g/mol. The van der Waals surface area contributed by atoms with Gasteiger partial charge in [-0.3, -0.25) is 0 Å². The zero-order valence-corrected chi connectivity index (χ0v) is 10.5. The van der Waals surface area contributed by atoms with E-state index in [4.69, 9.17) is 0 Å². The second kappa shape index (κ2) is 4.43. The van der Waals surface area contributed by atoms with Crippen molar-refractivity contribution in [1.82, 2.24) is 10.4 Å². The van der Waals surface area contributed by atoms with Crippen LogP contribution in [0.5, 0.6) is 0 Å². The predicted octanol–water partition coefficient (Wildman–Crippen LogP) is 2.03. The lowest BCUT2D eigenvalue weighted by Crippen LogP contribution is -2.47. The van der Waals surface area contributed by atoms with Crippen molar-refractivity contribution in [2.75, 3.05) is 14.1 Å². The molecule has 0 amide bonds. The highest BCUT2D eigenvalue weighted by molar-refractivity contribution is 5.27. The summed E-state index contributed by atoms with van der Waals surface area (Å²) in [5, 5.41) is 13.9. The first-order valence-electron chi connectivity index (χ1n) is 4.97. The van der Waals surface area contributed by atoms with Crippen molar-refractivity contribution in [3.8, 4) is 0 Å². The zero-order valence-electron chi connectivity index (χ0n) is 10.5. The smallest absolute Gasteiger partial charge is 0.0620 e. The molecule has 1 aliphatic heterocycles. The van der Waals surface area contributed by atoms with Crippen molar-refractivity contribution in [2.45, 2.75) is 45.7 Å². The van der Waals surface area contributed by atoms with Gasteiger partial charge in [-0.25, -0.2) is 0 Å². The summed E-state index contributed by atoms with van der Waals surface area (Å²) in [4.78, 5) is 0. The van der Waals surface area contributed by atoms with Crippen LogP contribution in [-0.2, 0) is 0 Å². The Balaban J connectivity index is 0.000000500. The first-order chi connectivity index (χ1) is 6.20. The summed E-state index contributed by atoms with van der Waals surface area (Å²) in [5.41, 5.74) is 0.807. The molecule has 0 aromatic carbocycles. The normalized spacial score (nSPS) is 23.9. The van der Waals surface area contributed by atoms with E-state index in [2.05, 4.69) is 18.3 Å². The third-order valence-electron chi connectivity index (χ3n) is 2.61.